The topological polar surface area (TPSA) is 84.1 Å². The quantitative estimate of drug-likeness (QED) is 0.873. The van der Waals surface area contributed by atoms with E-state index >= 15 is 0 Å². The molecule has 6 nitrogen and oxygen atoms in total. The largest absolute Gasteiger partial charge is 0.385 e. The van der Waals surface area contributed by atoms with Crippen molar-refractivity contribution in [2.24, 2.45) is 0 Å². The molecule has 0 amide bonds. The van der Waals surface area contributed by atoms with E-state index in [4.69, 9.17) is 5.73 Å². The van der Waals surface area contributed by atoms with Crippen LogP contribution in [0.2, 0.25) is 0 Å². The Labute approximate surface area is 128 Å². The highest BCUT2D eigenvalue weighted by Gasteiger charge is 2.18. The number of aromatic amines is 1. The highest BCUT2D eigenvalue weighted by atomic mass is 16.2. The lowest BCUT2D eigenvalue weighted by molar-refractivity contribution is 0.329. The van der Waals surface area contributed by atoms with Crippen LogP contribution in [0.3, 0.4) is 0 Å². The normalized spacial score (nSPS) is 15.3. The van der Waals surface area contributed by atoms with Gasteiger partial charge in [0.1, 0.15) is 5.82 Å². The minimum atomic E-state index is -0.462. The standard InChI is InChI=1S/C16H20N4O2/c17-14-13(11-19-8-4-5-9-19)15(21)18-16(22)20(14)10-12-6-2-1-3-7-12/h1-3,6-7H,4-5,8-11,17H2,(H,18,21,22). The SMILES string of the molecule is Nc1c(CN2CCCC2)c(=O)[nH]c(=O)n1Cc1ccccc1. The Bertz CT molecular complexity index is 758. The summed E-state index contributed by atoms with van der Waals surface area (Å²) in [5, 5.41) is 0. The molecule has 1 aliphatic rings. The lowest BCUT2D eigenvalue weighted by Crippen LogP contribution is -2.37. The zero-order valence-corrected chi connectivity index (χ0v) is 12.4. The van der Waals surface area contributed by atoms with Gasteiger partial charge in [0, 0.05) is 6.54 Å². The van der Waals surface area contributed by atoms with Gasteiger partial charge in [-0.05, 0) is 31.5 Å². The molecule has 1 aromatic carbocycles. The Hall–Kier alpha value is -2.34. The Kier molecular flexibility index (Phi) is 4.11. The summed E-state index contributed by atoms with van der Waals surface area (Å²) in [7, 11) is 0. The first-order valence-electron chi connectivity index (χ1n) is 7.53. The number of nitrogens with zero attached hydrogens (tertiary/aromatic N) is 2. The number of hydrogen-bond acceptors (Lipinski definition) is 4. The molecule has 0 radical (unpaired) electrons. The maximum absolute atomic E-state index is 12.1. The first kappa shape index (κ1) is 14.6. The van der Waals surface area contributed by atoms with E-state index in [9.17, 15) is 9.59 Å². The molecule has 3 rings (SSSR count). The van der Waals surface area contributed by atoms with Gasteiger partial charge in [-0.3, -0.25) is 19.2 Å². The smallest absolute Gasteiger partial charge is 0.330 e. The number of nitrogens with one attached hydrogen (secondary N) is 1. The molecule has 1 fully saturated rings. The van der Waals surface area contributed by atoms with Gasteiger partial charge in [-0.25, -0.2) is 4.79 Å². The first-order valence-corrected chi connectivity index (χ1v) is 7.53. The predicted octanol–water partition coefficient (Wildman–Crippen LogP) is 0.763. The maximum Gasteiger partial charge on any atom is 0.330 e. The third-order valence-electron chi connectivity index (χ3n) is 4.10. The molecule has 2 heterocycles. The first-order chi connectivity index (χ1) is 10.6. The second kappa shape index (κ2) is 6.19. The minimum absolute atomic E-state index is 0.268. The summed E-state index contributed by atoms with van der Waals surface area (Å²) in [6, 6.07) is 9.59. The number of benzene rings is 1. The van der Waals surface area contributed by atoms with Crippen molar-refractivity contribution in [3.8, 4) is 0 Å². The fraction of sp³-hybridized carbons (Fsp3) is 0.375. The molecule has 3 N–H and O–H groups in total. The summed E-state index contributed by atoms with van der Waals surface area (Å²) in [5.74, 6) is 0.268. The molecular formula is C16H20N4O2. The molecule has 1 aliphatic heterocycles. The van der Waals surface area contributed by atoms with E-state index in [1.807, 2.05) is 30.3 Å². The van der Waals surface area contributed by atoms with Crippen molar-refractivity contribution in [1.82, 2.24) is 14.5 Å². The van der Waals surface area contributed by atoms with Crippen molar-refractivity contribution >= 4 is 5.82 Å². The molecule has 0 aliphatic carbocycles. The van der Waals surface area contributed by atoms with Crippen LogP contribution in [0.5, 0.6) is 0 Å². The molecule has 0 bridgehead atoms. The molecule has 2 aromatic rings. The van der Waals surface area contributed by atoms with E-state index in [1.54, 1.807) is 0 Å². The fourth-order valence-electron chi connectivity index (χ4n) is 2.87. The number of rotatable bonds is 4. The van der Waals surface area contributed by atoms with Gasteiger partial charge in [0.2, 0.25) is 0 Å². The summed E-state index contributed by atoms with van der Waals surface area (Å²) in [4.78, 5) is 28.7. The van der Waals surface area contributed by atoms with Crippen molar-refractivity contribution in [3.63, 3.8) is 0 Å². The monoisotopic (exact) mass is 300 g/mol. The highest BCUT2D eigenvalue weighted by Crippen LogP contribution is 2.14. The summed E-state index contributed by atoms with van der Waals surface area (Å²) in [6.45, 7) is 2.79. The van der Waals surface area contributed by atoms with Gasteiger partial charge >= 0.3 is 5.69 Å². The zero-order valence-electron chi connectivity index (χ0n) is 12.4. The second-order valence-electron chi connectivity index (χ2n) is 5.68. The van der Waals surface area contributed by atoms with Crippen LogP contribution >= 0.6 is 0 Å². The molecule has 0 saturated carbocycles. The number of anilines is 1. The molecule has 0 unspecified atom stereocenters. The van der Waals surface area contributed by atoms with Gasteiger partial charge in [0.05, 0.1) is 12.1 Å². The molecule has 116 valence electrons. The molecule has 6 heteroatoms. The number of H-pyrrole nitrogens is 1. The number of nitrogens with two attached hydrogens (primary N) is 1. The molecule has 1 aromatic heterocycles. The molecular weight excluding hydrogens is 280 g/mol. The lowest BCUT2D eigenvalue weighted by Gasteiger charge is -2.17. The van der Waals surface area contributed by atoms with E-state index in [0.29, 0.717) is 18.7 Å². The van der Waals surface area contributed by atoms with Gasteiger partial charge in [0.15, 0.2) is 0 Å². The van der Waals surface area contributed by atoms with Gasteiger partial charge in [0.25, 0.3) is 5.56 Å². The van der Waals surface area contributed by atoms with Gasteiger partial charge in [-0.1, -0.05) is 30.3 Å². The van der Waals surface area contributed by atoms with Gasteiger partial charge < -0.3 is 5.73 Å². The van der Waals surface area contributed by atoms with E-state index in [1.165, 1.54) is 4.57 Å². The average molecular weight is 300 g/mol. The predicted molar refractivity (Wildman–Crippen MR) is 85.8 cm³/mol. The van der Waals surface area contributed by atoms with Crippen LogP contribution in [0.15, 0.2) is 39.9 Å². The zero-order chi connectivity index (χ0) is 15.5. The van der Waals surface area contributed by atoms with Crippen molar-refractivity contribution in [2.45, 2.75) is 25.9 Å². The highest BCUT2D eigenvalue weighted by molar-refractivity contribution is 5.39. The van der Waals surface area contributed by atoms with E-state index < -0.39 is 5.69 Å². The van der Waals surface area contributed by atoms with Crippen molar-refractivity contribution < 1.29 is 0 Å². The Morgan fingerprint density at radius 3 is 2.41 bits per heavy atom. The minimum Gasteiger partial charge on any atom is -0.385 e. The van der Waals surface area contributed by atoms with Crippen LogP contribution in [-0.4, -0.2) is 27.5 Å². The van der Waals surface area contributed by atoms with Crippen LogP contribution < -0.4 is 17.0 Å². The van der Waals surface area contributed by atoms with E-state index in [-0.39, 0.29) is 11.4 Å². The Morgan fingerprint density at radius 2 is 1.73 bits per heavy atom. The molecule has 0 spiro atoms. The fourth-order valence-corrected chi connectivity index (χ4v) is 2.87. The third-order valence-corrected chi connectivity index (χ3v) is 4.10. The Morgan fingerprint density at radius 1 is 1.05 bits per heavy atom. The molecule has 1 saturated heterocycles. The summed E-state index contributed by atoms with van der Waals surface area (Å²) >= 11 is 0. The van der Waals surface area contributed by atoms with Crippen LogP contribution in [-0.2, 0) is 13.1 Å². The third kappa shape index (κ3) is 2.96. The van der Waals surface area contributed by atoms with E-state index in [2.05, 4.69) is 9.88 Å². The molecule has 0 atom stereocenters. The van der Waals surface area contributed by atoms with Gasteiger partial charge in [-0.2, -0.15) is 0 Å². The van der Waals surface area contributed by atoms with Gasteiger partial charge in [-0.15, -0.1) is 0 Å². The van der Waals surface area contributed by atoms with E-state index in [0.717, 1.165) is 31.5 Å². The van der Waals surface area contributed by atoms with Crippen molar-refractivity contribution in [3.05, 3.63) is 62.3 Å². The van der Waals surface area contributed by atoms with Crippen LogP contribution in [0.1, 0.15) is 24.0 Å². The number of aromatic nitrogens is 2. The lowest BCUT2D eigenvalue weighted by atomic mass is 10.2. The maximum atomic E-state index is 12.1. The molecule has 22 heavy (non-hydrogen) atoms. The number of nitrogen functional groups attached to an aromatic ring is 1. The van der Waals surface area contributed by atoms with Crippen LogP contribution in [0, 0.1) is 0 Å². The summed E-state index contributed by atoms with van der Waals surface area (Å²) in [5.41, 5.74) is 6.74. The number of likely N-dealkylation sites (tertiary alicyclic amines) is 1. The summed E-state index contributed by atoms with van der Waals surface area (Å²) in [6.07, 6.45) is 2.28. The second-order valence-corrected chi connectivity index (χ2v) is 5.68. The van der Waals surface area contributed by atoms with Crippen molar-refractivity contribution in [1.29, 1.82) is 0 Å². The average Bonchev–Trinajstić information content (AvgIpc) is 3.02. The summed E-state index contributed by atoms with van der Waals surface area (Å²) < 4.78 is 1.43. The van der Waals surface area contributed by atoms with Crippen LogP contribution in [0.4, 0.5) is 5.82 Å². The Balaban J connectivity index is 1.95. The van der Waals surface area contributed by atoms with Crippen molar-refractivity contribution in [2.75, 3.05) is 18.8 Å². The number of hydrogen-bond donors (Lipinski definition) is 2. The van der Waals surface area contributed by atoms with Crippen LogP contribution in [0.25, 0.3) is 0 Å².